The number of hydrogen-bond donors (Lipinski definition) is 0. The van der Waals surface area contributed by atoms with Gasteiger partial charge in [0.05, 0.1) is 32.3 Å². The number of amides is 2. The first-order chi connectivity index (χ1) is 12.6. The molecule has 6 heteroatoms. The van der Waals surface area contributed by atoms with Gasteiger partial charge in [0.15, 0.2) is 11.5 Å². The molecule has 1 aromatic carbocycles. The maximum Gasteiger partial charge on any atom is 0.254 e. The van der Waals surface area contributed by atoms with E-state index in [9.17, 15) is 9.59 Å². The Labute approximate surface area is 151 Å². The number of nitrogens with zero attached hydrogens (tertiary/aromatic N) is 2. The normalized spacial score (nSPS) is 36.5. The molecule has 6 rings (SSSR count). The molecule has 1 aliphatic heterocycles. The van der Waals surface area contributed by atoms with Crippen LogP contribution < -0.4 is 9.47 Å². The number of hydrogen-bond acceptors (Lipinski definition) is 5. The lowest BCUT2D eigenvalue weighted by molar-refractivity contribution is -0.140. The molecular weight excluding hydrogens is 332 g/mol. The quantitative estimate of drug-likeness (QED) is 0.473. The number of benzene rings is 1. The van der Waals surface area contributed by atoms with Crippen LogP contribution >= 0.6 is 0 Å². The third kappa shape index (κ3) is 2.01. The van der Waals surface area contributed by atoms with Crippen molar-refractivity contribution in [2.24, 2.45) is 40.6 Å². The largest absolute Gasteiger partial charge is 0.493 e. The Bertz CT molecular complexity index is 825. The monoisotopic (exact) mass is 352 g/mol. The molecule has 6 nitrogen and oxygen atoms in total. The predicted molar refractivity (Wildman–Crippen MR) is 93.7 cm³/mol. The summed E-state index contributed by atoms with van der Waals surface area (Å²) in [6, 6.07) is 5.34. The molecule has 0 spiro atoms. The Morgan fingerprint density at radius 3 is 2.19 bits per heavy atom. The van der Waals surface area contributed by atoms with E-state index in [-0.39, 0.29) is 35.5 Å². The third-order valence-electron chi connectivity index (χ3n) is 6.37. The summed E-state index contributed by atoms with van der Waals surface area (Å²) in [5.41, 5.74) is 0.738. The number of carbonyl (C=O) groups excluding carboxylic acids is 2. The van der Waals surface area contributed by atoms with Crippen molar-refractivity contribution in [1.82, 2.24) is 5.01 Å². The lowest BCUT2D eigenvalue weighted by Crippen LogP contribution is -2.40. The fraction of sp³-hybridized carbons (Fsp3) is 0.450. The lowest BCUT2D eigenvalue weighted by Gasteiger charge is -2.37. The minimum atomic E-state index is -0.219. The van der Waals surface area contributed by atoms with E-state index in [1.54, 1.807) is 26.4 Å². The average Bonchev–Trinajstić information content (AvgIpc) is 3.45. The molecule has 1 aromatic rings. The van der Waals surface area contributed by atoms with Crippen molar-refractivity contribution < 1.29 is 19.1 Å². The van der Waals surface area contributed by atoms with E-state index >= 15 is 0 Å². The summed E-state index contributed by atoms with van der Waals surface area (Å²) < 4.78 is 10.5. The molecule has 1 heterocycles. The standard InChI is InChI=1S/C20H20N2O4/c1-25-15-6-3-10(7-16(15)26-2)9-21-22-19(23)17-11-4-5-12(14-8-13(11)14)18(17)20(22)24/h3-7,9,11-14,17-18H,8H2,1-2H3/b21-9-/t11-,12+,13-,14+,17-,18+. The fourth-order valence-corrected chi connectivity index (χ4v) is 5.11. The molecule has 0 unspecified atom stereocenters. The Kier molecular flexibility index (Phi) is 3.26. The molecule has 134 valence electrons. The van der Waals surface area contributed by atoms with Crippen molar-refractivity contribution in [3.8, 4) is 11.5 Å². The maximum atomic E-state index is 12.9. The zero-order valence-electron chi connectivity index (χ0n) is 14.7. The second kappa shape index (κ2) is 5.43. The van der Waals surface area contributed by atoms with Crippen molar-refractivity contribution in [3.63, 3.8) is 0 Å². The van der Waals surface area contributed by atoms with E-state index in [4.69, 9.17) is 9.47 Å². The molecule has 6 atom stereocenters. The van der Waals surface area contributed by atoms with Gasteiger partial charge in [0.2, 0.25) is 0 Å². The number of methoxy groups -OCH3 is 2. The first kappa shape index (κ1) is 15.6. The first-order valence-electron chi connectivity index (χ1n) is 8.96. The van der Waals surface area contributed by atoms with Crippen LogP contribution in [0.4, 0.5) is 0 Å². The van der Waals surface area contributed by atoms with Crippen molar-refractivity contribution in [3.05, 3.63) is 35.9 Å². The third-order valence-corrected chi connectivity index (χ3v) is 6.37. The van der Waals surface area contributed by atoms with Crippen molar-refractivity contribution in [2.45, 2.75) is 6.42 Å². The number of hydrazone groups is 1. The predicted octanol–water partition coefficient (Wildman–Crippen LogP) is 2.09. The van der Waals surface area contributed by atoms with Crippen LogP contribution in [0.1, 0.15) is 12.0 Å². The molecule has 0 radical (unpaired) electrons. The molecule has 26 heavy (non-hydrogen) atoms. The van der Waals surface area contributed by atoms with E-state index in [2.05, 4.69) is 17.3 Å². The molecule has 1 saturated heterocycles. The lowest BCUT2D eigenvalue weighted by atomic mass is 9.63. The minimum absolute atomic E-state index is 0.151. The first-order valence-corrected chi connectivity index (χ1v) is 8.96. The Hall–Kier alpha value is -2.63. The summed E-state index contributed by atoms with van der Waals surface area (Å²) in [5.74, 6) is 2.07. The smallest absolute Gasteiger partial charge is 0.254 e. The summed E-state index contributed by atoms with van der Waals surface area (Å²) >= 11 is 0. The van der Waals surface area contributed by atoms with Crippen LogP contribution in [0.15, 0.2) is 35.5 Å². The van der Waals surface area contributed by atoms with E-state index in [0.29, 0.717) is 23.3 Å². The van der Waals surface area contributed by atoms with Crippen LogP contribution in [0.5, 0.6) is 11.5 Å². The molecule has 0 N–H and O–H groups in total. The molecule has 2 bridgehead atoms. The zero-order chi connectivity index (χ0) is 18.0. The topological polar surface area (TPSA) is 68.2 Å². The molecular formula is C20H20N2O4. The SMILES string of the molecule is COc1ccc(/C=N\N2C(=O)[C@@H]3[C@@H]4C=C[C@@H]([C@@H]5C[C@H]45)[C@@H]3C2=O)cc1OC. The number of allylic oxidation sites excluding steroid dienone is 2. The van der Waals surface area contributed by atoms with Crippen molar-refractivity contribution in [2.75, 3.05) is 14.2 Å². The summed E-state index contributed by atoms with van der Waals surface area (Å²) in [7, 11) is 3.13. The summed E-state index contributed by atoms with van der Waals surface area (Å²) in [5, 5.41) is 5.32. The zero-order valence-corrected chi connectivity index (χ0v) is 14.7. The maximum absolute atomic E-state index is 12.9. The van der Waals surface area contributed by atoms with Gasteiger partial charge in [-0.1, -0.05) is 12.2 Å². The summed E-state index contributed by atoms with van der Waals surface area (Å²) in [4.78, 5) is 25.7. The van der Waals surface area contributed by atoms with Crippen molar-refractivity contribution >= 4 is 18.0 Å². The van der Waals surface area contributed by atoms with Gasteiger partial charge in [-0.3, -0.25) is 9.59 Å². The van der Waals surface area contributed by atoms with E-state index in [1.165, 1.54) is 6.21 Å². The van der Waals surface area contributed by atoms with E-state index in [0.717, 1.165) is 17.0 Å². The highest BCUT2D eigenvalue weighted by molar-refractivity contribution is 6.06. The van der Waals surface area contributed by atoms with Gasteiger partial charge in [-0.25, -0.2) is 0 Å². The van der Waals surface area contributed by atoms with E-state index < -0.39 is 0 Å². The van der Waals surface area contributed by atoms with Crippen LogP contribution in [-0.4, -0.2) is 37.3 Å². The average molecular weight is 352 g/mol. The van der Waals surface area contributed by atoms with Gasteiger partial charge in [0, 0.05) is 0 Å². The Morgan fingerprint density at radius 1 is 1.00 bits per heavy atom. The van der Waals surface area contributed by atoms with Crippen LogP contribution in [0.3, 0.4) is 0 Å². The fourth-order valence-electron chi connectivity index (χ4n) is 5.11. The summed E-state index contributed by atoms with van der Waals surface area (Å²) in [6.45, 7) is 0. The Balaban J connectivity index is 1.41. The van der Waals surface area contributed by atoms with Gasteiger partial charge in [-0.05, 0) is 53.9 Å². The van der Waals surface area contributed by atoms with Crippen LogP contribution in [0.2, 0.25) is 0 Å². The molecule has 3 fully saturated rings. The second-order valence-corrected chi connectivity index (χ2v) is 7.50. The van der Waals surface area contributed by atoms with Gasteiger partial charge in [0.1, 0.15) is 0 Å². The molecule has 0 aromatic heterocycles. The molecule has 2 amide bonds. The summed E-state index contributed by atoms with van der Waals surface area (Å²) in [6.07, 6.45) is 7.01. The van der Waals surface area contributed by atoms with Gasteiger partial charge < -0.3 is 9.47 Å². The van der Waals surface area contributed by atoms with Crippen LogP contribution in [0, 0.1) is 35.5 Å². The number of imide groups is 1. The molecule has 5 aliphatic rings. The number of ether oxygens (including phenoxy) is 2. The van der Waals surface area contributed by atoms with E-state index in [1.807, 2.05) is 6.07 Å². The highest BCUT2D eigenvalue weighted by Crippen LogP contribution is 2.65. The van der Waals surface area contributed by atoms with Gasteiger partial charge in [-0.2, -0.15) is 10.1 Å². The minimum Gasteiger partial charge on any atom is -0.493 e. The van der Waals surface area contributed by atoms with Gasteiger partial charge >= 0.3 is 0 Å². The second-order valence-electron chi connectivity index (χ2n) is 7.50. The highest BCUT2D eigenvalue weighted by Gasteiger charge is 2.67. The highest BCUT2D eigenvalue weighted by atomic mass is 16.5. The Morgan fingerprint density at radius 2 is 1.62 bits per heavy atom. The van der Waals surface area contributed by atoms with Gasteiger partial charge in [-0.15, -0.1) is 0 Å². The van der Waals surface area contributed by atoms with Crippen LogP contribution in [0.25, 0.3) is 0 Å². The number of rotatable bonds is 4. The van der Waals surface area contributed by atoms with Crippen molar-refractivity contribution in [1.29, 1.82) is 0 Å². The number of carbonyl (C=O) groups is 2. The molecule has 4 aliphatic carbocycles. The van der Waals surface area contributed by atoms with Gasteiger partial charge in [0.25, 0.3) is 11.8 Å². The molecule has 2 saturated carbocycles. The van der Waals surface area contributed by atoms with Crippen LogP contribution in [-0.2, 0) is 9.59 Å².